The molecular weight excluding hydrogens is 288 g/mol. The summed E-state index contributed by atoms with van der Waals surface area (Å²) in [5, 5.41) is 24.1. The molecule has 0 aromatic carbocycles. The fraction of sp³-hybridized carbons (Fsp3) is 0.333. The molecule has 0 amide bonds. The Morgan fingerprint density at radius 2 is 2.43 bits per heavy atom. The van der Waals surface area contributed by atoms with Gasteiger partial charge in [-0.25, -0.2) is 9.50 Å². The Bertz CT molecular complexity index is 774. The normalized spacial score (nSPS) is 10.9. The summed E-state index contributed by atoms with van der Waals surface area (Å²) >= 11 is 1.51. The molecule has 0 radical (unpaired) electrons. The summed E-state index contributed by atoms with van der Waals surface area (Å²) in [5.41, 5.74) is 7.77. The number of aryl methyl sites for hydroxylation is 2. The van der Waals surface area contributed by atoms with Crippen LogP contribution in [0.15, 0.2) is 6.20 Å². The van der Waals surface area contributed by atoms with Gasteiger partial charge in [-0.2, -0.15) is 10.4 Å². The first-order valence-electron chi connectivity index (χ1n) is 6.47. The number of nitrogen functional groups attached to an aromatic ring is 1. The summed E-state index contributed by atoms with van der Waals surface area (Å²) in [4.78, 5) is 5.23. The first-order chi connectivity index (χ1) is 10.2. The van der Waals surface area contributed by atoms with Crippen molar-refractivity contribution in [2.24, 2.45) is 0 Å². The summed E-state index contributed by atoms with van der Waals surface area (Å²) in [6.07, 6.45) is 3.45. The minimum Gasteiger partial charge on any atom is -0.381 e. The highest BCUT2D eigenvalue weighted by atomic mass is 32.1. The van der Waals surface area contributed by atoms with Gasteiger partial charge >= 0.3 is 0 Å². The van der Waals surface area contributed by atoms with Gasteiger partial charge in [0.2, 0.25) is 10.1 Å². The Kier molecular flexibility index (Phi) is 3.45. The quantitative estimate of drug-likeness (QED) is 0.611. The Morgan fingerprint density at radius 1 is 1.57 bits per heavy atom. The molecule has 0 unspecified atom stereocenters. The first-order valence-corrected chi connectivity index (χ1v) is 7.28. The van der Waals surface area contributed by atoms with E-state index in [1.807, 2.05) is 13.1 Å². The maximum absolute atomic E-state index is 8.98. The molecule has 0 bridgehead atoms. The predicted molar refractivity (Wildman–Crippen MR) is 80.1 cm³/mol. The number of nitriles is 1. The summed E-state index contributed by atoms with van der Waals surface area (Å²) in [7, 11) is 0. The molecule has 0 fully saturated rings. The molecule has 3 aromatic rings. The number of rotatable bonds is 5. The highest BCUT2D eigenvalue weighted by Crippen LogP contribution is 2.19. The van der Waals surface area contributed by atoms with Crippen molar-refractivity contribution in [3.8, 4) is 6.07 Å². The van der Waals surface area contributed by atoms with Crippen molar-refractivity contribution < 1.29 is 0 Å². The average Bonchev–Trinajstić information content (AvgIpc) is 3.07. The Hall–Kier alpha value is -2.60. The topological polar surface area (TPSA) is 121 Å². The van der Waals surface area contributed by atoms with Gasteiger partial charge < -0.3 is 11.1 Å². The molecule has 8 nitrogen and oxygen atoms in total. The van der Waals surface area contributed by atoms with Crippen LogP contribution in [0.5, 0.6) is 0 Å². The van der Waals surface area contributed by atoms with E-state index in [1.54, 1.807) is 4.52 Å². The fourth-order valence-corrected chi connectivity index (χ4v) is 2.89. The lowest BCUT2D eigenvalue weighted by Crippen LogP contribution is -2.04. The molecule has 3 aromatic heterocycles. The van der Waals surface area contributed by atoms with E-state index in [-0.39, 0.29) is 5.82 Å². The molecule has 3 heterocycles. The molecule has 4 N–H and O–H groups in total. The number of imidazole rings is 1. The van der Waals surface area contributed by atoms with Crippen LogP contribution >= 0.6 is 11.3 Å². The zero-order valence-electron chi connectivity index (χ0n) is 11.4. The molecule has 0 spiro atoms. The zero-order valence-corrected chi connectivity index (χ0v) is 12.2. The lowest BCUT2D eigenvalue weighted by atomic mass is 10.1. The first kappa shape index (κ1) is 13.4. The van der Waals surface area contributed by atoms with Gasteiger partial charge in [-0.3, -0.25) is 5.10 Å². The smallest absolute Gasteiger partial charge is 0.214 e. The van der Waals surface area contributed by atoms with Gasteiger partial charge in [0.15, 0.2) is 5.82 Å². The van der Waals surface area contributed by atoms with Gasteiger partial charge in [-0.1, -0.05) is 11.3 Å². The largest absolute Gasteiger partial charge is 0.381 e. The van der Waals surface area contributed by atoms with Crippen molar-refractivity contribution in [2.45, 2.75) is 19.8 Å². The van der Waals surface area contributed by atoms with Gasteiger partial charge in [0.25, 0.3) is 0 Å². The molecule has 3 rings (SSSR count). The molecule has 21 heavy (non-hydrogen) atoms. The van der Waals surface area contributed by atoms with E-state index in [4.69, 9.17) is 11.0 Å². The van der Waals surface area contributed by atoms with Crippen molar-refractivity contribution in [3.63, 3.8) is 0 Å². The minimum atomic E-state index is 0.261. The van der Waals surface area contributed by atoms with Gasteiger partial charge in [0, 0.05) is 6.54 Å². The van der Waals surface area contributed by atoms with Crippen molar-refractivity contribution >= 4 is 27.2 Å². The van der Waals surface area contributed by atoms with Gasteiger partial charge in [-0.15, -0.1) is 5.10 Å². The van der Waals surface area contributed by atoms with Gasteiger partial charge in [0.1, 0.15) is 11.6 Å². The van der Waals surface area contributed by atoms with Gasteiger partial charge in [-0.05, 0) is 19.8 Å². The Balaban J connectivity index is 1.54. The standard InChI is InChI=1S/C12H14N8S/c1-7-6-20-12(16-7)21-11(19-20)15-4-2-3-9-8(5-13)10(14)18-17-9/h6H,2-4H2,1H3,(H,15,19)(H3,14,17,18). The highest BCUT2D eigenvalue weighted by molar-refractivity contribution is 7.20. The molecule has 0 saturated heterocycles. The molecule has 0 saturated carbocycles. The van der Waals surface area contributed by atoms with Crippen molar-refractivity contribution in [2.75, 3.05) is 17.6 Å². The van der Waals surface area contributed by atoms with Crippen LogP contribution < -0.4 is 11.1 Å². The number of aromatic amines is 1. The second kappa shape index (κ2) is 5.41. The van der Waals surface area contributed by atoms with Crippen LogP contribution in [-0.2, 0) is 6.42 Å². The van der Waals surface area contributed by atoms with E-state index in [1.165, 1.54) is 11.3 Å². The number of nitrogens with zero attached hydrogens (tertiary/aromatic N) is 5. The summed E-state index contributed by atoms with van der Waals surface area (Å²) in [6, 6.07) is 2.06. The number of hydrogen-bond acceptors (Lipinski definition) is 7. The molecule has 0 atom stereocenters. The fourth-order valence-electron chi connectivity index (χ4n) is 2.04. The van der Waals surface area contributed by atoms with Crippen molar-refractivity contribution in [3.05, 3.63) is 23.1 Å². The summed E-state index contributed by atoms with van der Waals surface area (Å²) in [5.74, 6) is 0.261. The SMILES string of the molecule is Cc1cn2nc(NCCCc3[nH]nc(N)c3C#N)sc2n1. The number of nitrogens with one attached hydrogen (secondary N) is 2. The predicted octanol–water partition coefficient (Wildman–Crippen LogP) is 1.32. The van der Waals surface area contributed by atoms with Crippen LogP contribution in [-0.4, -0.2) is 31.3 Å². The van der Waals surface area contributed by atoms with E-state index in [0.29, 0.717) is 12.0 Å². The van der Waals surface area contributed by atoms with Crippen LogP contribution in [0.3, 0.4) is 0 Å². The molecule has 0 aliphatic carbocycles. The number of nitrogens with two attached hydrogens (primary N) is 1. The Labute approximate surface area is 124 Å². The van der Waals surface area contributed by atoms with E-state index < -0.39 is 0 Å². The van der Waals surface area contributed by atoms with E-state index in [0.717, 1.165) is 34.4 Å². The second-order valence-corrected chi connectivity index (χ2v) is 5.58. The number of fused-ring (bicyclic) bond motifs is 1. The van der Waals surface area contributed by atoms with Crippen LogP contribution in [0, 0.1) is 18.3 Å². The van der Waals surface area contributed by atoms with Crippen LogP contribution in [0.2, 0.25) is 0 Å². The molecular formula is C12H14N8S. The highest BCUT2D eigenvalue weighted by Gasteiger charge is 2.10. The molecule has 108 valence electrons. The molecule has 0 aliphatic heterocycles. The monoisotopic (exact) mass is 302 g/mol. The van der Waals surface area contributed by atoms with Crippen LogP contribution in [0.4, 0.5) is 10.9 Å². The van der Waals surface area contributed by atoms with Crippen molar-refractivity contribution in [1.82, 2.24) is 24.8 Å². The second-order valence-electron chi connectivity index (χ2n) is 4.62. The van der Waals surface area contributed by atoms with E-state index in [2.05, 4.69) is 31.7 Å². The number of hydrogen-bond donors (Lipinski definition) is 3. The molecule has 9 heteroatoms. The third-order valence-electron chi connectivity index (χ3n) is 3.02. The lowest BCUT2D eigenvalue weighted by molar-refractivity contribution is 0.821. The maximum atomic E-state index is 8.98. The Morgan fingerprint density at radius 3 is 3.19 bits per heavy atom. The van der Waals surface area contributed by atoms with E-state index >= 15 is 0 Å². The number of aromatic nitrogens is 5. The van der Waals surface area contributed by atoms with Crippen LogP contribution in [0.25, 0.3) is 4.96 Å². The van der Waals surface area contributed by atoms with Crippen LogP contribution in [0.1, 0.15) is 23.4 Å². The van der Waals surface area contributed by atoms with Gasteiger partial charge in [0.05, 0.1) is 17.6 Å². The third kappa shape index (κ3) is 2.66. The molecule has 0 aliphatic rings. The summed E-state index contributed by atoms with van der Waals surface area (Å²) < 4.78 is 1.77. The van der Waals surface area contributed by atoms with Crippen molar-refractivity contribution in [1.29, 1.82) is 5.26 Å². The van der Waals surface area contributed by atoms with E-state index in [9.17, 15) is 0 Å². The number of H-pyrrole nitrogens is 1. The minimum absolute atomic E-state index is 0.261. The lowest BCUT2D eigenvalue weighted by Gasteiger charge is -2.01. The average molecular weight is 302 g/mol. The summed E-state index contributed by atoms with van der Waals surface area (Å²) in [6.45, 7) is 2.69. The number of anilines is 2. The third-order valence-corrected chi connectivity index (χ3v) is 3.90. The maximum Gasteiger partial charge on any atom is 0.214 e. The zero-order chi connectivity index (χ0) is 14.8.